The predicted octanol–water partition coefficient (Wildman–Crippen LogP) is 0.277. The molecule has 0 spiro atoms. The summed E-state index contributed by atoms with van der Waals surface area (Å²) in [7, 11) is 3.96. The number of nitrogen functional groups attached to an aromatic ring is 1. The highest BCUT2D eigenvalue weighted by atomic mass is 16.6. The highest BCUT2D eigenvalue weighted by Gasteiger charge is 2.12. The van der Waals surface area contributed by atoms with Gasteiger partial charge in [-0.2, -0.15) is 0 Å². The number of rotatable bonds is 4. The topological polar surface area (TPSA) is 187 Å². The number of nitrogens with zero attached hydrogens (tertiary/aromatic N) is 4. The lowest BCUT2D eigenvalue weighted by Gasteiger charge is -2.00. The van der Waals surface area contributed by atoms with Gasteiger partial charge in [-0.15, -0.1) is 0 Å². The number of carbonyl (C=O) groups is 3. The highest BCUT2D eigenvalue weighted by Crippen LogP contribution is 2.08. The van der Waals surface area contributed by atoms with Crippen LogP contribution in [0, 0.1) is 10.1 Å². The van der Waals surface area contributed by atoms with Gasteiger partial charge in [0.1, 0.15) is 24.0 Å². The number of hydrogen-bond acceptors (Lipinski definition) is 11. The van der Waals surface area contributed by atoms with Crippen LogP contribution in [0.5, 0.6) is 0 Å². The molecule has 0 aliphatic carbocycles. The molecular formula is C17H21N5O8. The molecule has 2 heterocycles. The third-order valence-electron chi connectivity index (χ3n) is 3.05. The SMILES string of the molecule is COC(=O)CC(C)=O.COC(=O)c1cnccc1N.Cn1cncc([N+](=O)[O-])c1=O. The summed E-state index contributed by atoms with van der Waals surface area (Å²) in [6.45, 7) is 1.34. The number of nitrogens with two attached hydrogens (primary N) is 1. The number of methoxy groups -OCH3 is 2. The van der Waals surface area contributed by atoms with E-state index in [1.54, 1.807) is 6.07 Å². The fraction of sp³-hybridized carbons (Fsp3) is 0.294. The average molecular weight is 423 g/mol. The Bertz CT molecular complexity index is 957. The van der Waals surface area contributed by atoms with E-state index in [0.29, 0.717) is 11.3 Å². The first-order chi connectivity index (χ1) is 14.0. The Kier molecular flexibility index (Phi) is 11.3. The second-order valence-electron chi connectivity index (χ2n) is 5.36. The summed E-state index contributed by atoms with van der Waals surface area (Å²) in [5, 5.41) is 10.1. The van der Waals surface area contributed by atoms with Gasteiger partial charge in [-0.25, -0.2) is 9.78 Å². The third-order valence-corrected chi connectivity index (χ3v) is 3.05. The van der Waals surface area contributed by atoms with Crippen LogP contribution in [0.1, 0.15) is 23.7 Å². The van der Waals surface area contributed by atoms with Crippen molar-refractivity contribution in [1.82, 2.24) is 14.5 Å². The van der Waals surface area contributed by atoms with Crippen molar-refractivity contribution in [1.29, 1.82) is 0 Å². The van der Waals surface area contributed by atoms with Gasteiger partial charge in [0.25, 0.3) is 0 Å². The van der Waals surface area contributed by atoms with Gasteiger partial charge in [0.15, 0.2) is 0 Å². The summed E-state index contributed by atoms with van der Waals surface area (Å²) in [6.07, 6.45) is 4.93. The Labute approximate surface area is 170 Å². The number of Topliss-reactive ketones (excluding diaryl/α,β-unsaturated/α-hetero) is 1. The van der Waals surface area contributed by atoms with Crippen molar-refractivity contribution in [2.24, 2.45) is 7.05 Å². The maximum Gasteiger partial charge on any atom is 0.352 e. The first-order valence-corrected chi connectivity index (χ1v) is 8.04. The van der Waals surface area contributed by atoms with E-state index in [0.717, 1.165) is 10.8 Å². The van der Waals surface area contributed by atoms with Gasteiger partial charge in [0, 0.05) is 25.1 Å². The molecule has 162 valence electrons. The molecule has 0 radical (unpaired) electrons. The fourth-order valence-corrected chi connectivity index (χ4v) is 1.58. The number of ketones is 1. The van der Waals surface area contributed by atoms with E-state index in [-0.39, 0.29) is 12.2 Å². The van der Waals surface area contributed by atoms with Crippen molar-refractivity contribution >= 4 is 29.1 Å². The fourth-order valence-electron chi connectivity index (χ4n) is 1.58. The van der Waals surface area contributed by atoms with E-state index in [1.165, 1.54) is 46.9 Å². The normalized spacial score (nSPS) is 9.07. The monoisotopic (exact) mass is 423 g/mol. The molecule has 0 bridgehead atoms. The molecule has 0 aromatic carbocycles. The molecule has 0 saturated heterocycles. The van der Waals surface area contributed by atoms with Gasteiger partial charge in [-0.3, -0.25) is 34.0 Å². The van der Waals surface area contributed by atoms with Gasteiger partial charge in [-0.05, 0) is 13.0 Å². The Balaban J connectivity index is 0.000000428. The summed E-state index contributed by atoms with van der Waals surface area (Å²) in [4.78, 5) is 58.7. The Morgan fingerprint density at radius 3 is 2.23 bits per heavy atom. The molecule has 13 heteroatoms. The zero-order valence-corrected chi connectivity index (χ0v) is 16.7. The van der Waals surface area contributed by atoms with Gasteiger partial charge in [0.05, 0.1) is 25.5 Å². The number of pyridine rings is 1. The van der Waals surface area contributed by atoms with Crippen molar-refractivity contribution in [3.8, 4) is 0 Å². The van der Waals surface area contributed by atoms with Gasteiger partial charge < -0.3 is 15.2 Å². The largest absolute Gasteiger partial charge is 0.469 e. The smallest absolute Gasteiger partial charge is 0.352 e. The Morgan fingerprint density at radius 1 is 1.20 bits per heavy atom. The lowest BCUT2D eigenvalue weighted by atomic mass is 10.2. The van der Waals surface area contributed by atoms with E-state index < -0.39 is 28.1 Å². The minimum Gasteiger partial charge on any atom is -0.469 e. The number of hydrogen-bond donors (Lipinski definition) is 1. The number of anilines is 1. The van der Waals surface area contributed by atoms with Crippen LogP contribution in [0.4, 0.5) is 11.4 Å². The van der Waals surface area contributed by atoms with E-state index in [2.05, 4.69) is 19.4 Å². The van der Waals surface area contributed by atoms with Crippen molar-refractivity contribution in [2.75, 3.05) is 20.0 Å². The highest BCUT2D eigenvalue weighted by molar-refractivity contribution is 5.94. The van der Waals surface area contributed by atoms with Crippen molar-refractivity contribution < 1.29 is 28.8 Å². The molecule has 0 aliphatic rings. The number of aromatic nitrogens is 3. The maximum atomic E-state index is 10.9. The second-order valence-corrected chi connectivity index (χ2v) is 5.36. The first-order valence-electron chi connectivity index (χ1n) is 8.04. The molecule has 30 heavy (non-hydrogen) atoms. The number of carbonyl (C=O) groups excluding carboxylic acids is 3. The van der Waals surface area contributed by atoms with Gasteiger partial charge in [0.2, 0.25) is 0 Å². The van der Waals surface area contributed by atoms with Gasteiger partial charge >= 0.3 is 23.2 Å². The van der Waals surface area contributed by atoms with Crippen molar-refractivity contribution in [3.63, 3.8) is 0 Å². The minimum atomic E-state index is -0.755. The molecule has 0 atom stereocenters. The van der Waals surface area contributed by atoms with E-state index in [1.807, 2.05) is 0 Å². The molecule has 0 aliphatic heterocycles. The van der Waals surface area contributed by atoms with Crippen molar-refractivity contribution in [2.45, 2.75) is 13.3 Å². The van der Waals surface area contributed by atoms with Crippen LogP contribution in [0.25, 0.3) is 0 Å². The molecule has 2 N–H and O–H groups in total. The molecule has 2 aromatic heterocycles. The molecule has 0 amide bonds. The molecule has 2 rings (SSSR count). The lowest BCUT2D eigenvalue weighted by Crippen LogP contribution is -2.19. The maximum absolute atomic E-state index is 10.9. The van der Waals surface area contributed by atoms with Crippen LogP contribution in [-0.2, 0) is 26.1 Å². The average Bonchev–Trinajstić information content (AvgIpc) is 2.70. The van der Waals surface area contributed by atoms with E-state index in [4.69, 9.17) is 5.73 Å². The van der Waals surface area contributed by atoms with Crippen LogP contribution in [0.15, 0.2) is 35.8 Å². The number of aryl methyl sites for hydroxylation is 1. The summed E-state index contributed by atoms with van der Waals surface area (Å²) in [5.74, 6) is -1.11. The predicted molar refractivity (Wildman–Crippen MR) is 103 cm³/mol. The lowest BCUT2D eigenvalue weighted by molar-refractivity contribution is -0.386. The van der Waals surface area contributed by atoms with E-state index in [9.17, 15) is 29.3 Å². The Hall–Kier alpha value is -4.16. The molecule has 0 fully saturated rings. The first kappa shape index (κ1) is 25.8. The second kappa shape index (κ2) is 13.1. The van der Waals surface area contributed by atoms with Gasteiger partial charge in [-0.1, -0.05) is 0 Å². The minimum absolute atomic E-state index is 0.115. The number of ether oxygens (including phenoxy) is 2. The van der Waals surface area contributed by atoms with Crippen molar-refractivity contribution in [3.05, 3.63) is 57.0 Å². The standard InChI is InChI=1S/C7H8N2O2.C5H5N3O3.C5H8O3/c1-11-7(10)5-4-9-3-2-6(5)8;1-7-3-6-2-4(5(7)9)8(10)11;1-4(6)3-5(7)8-2/h2-4H,1H3,(H2,8,9);2-3H,1H3;3H2,1-2H3. The quantitative estimate of drug-likeness (QED) is 0.308. The number of nitro groups is 1. The molecule has 13 nitrogen and oxygen atoms in total. The molecule has 0 saturated carbocycles. The molecule has 0 unspecified atom stereocenters. The summed E-state index contributed by atoms with van der Waals surface area (Å²) < 4.78 is 9.71. The zero-order valence-electron chi connectivity index (χ0n) is 16.7. The summed E-state index contributed by atoms with van der Waals surface area (Å²) in [6, 6.07) is 1.55. The molecular weight excluding hydrogens is 402 g/mol. The number of esters is 2. The van der Waals surface area contributed by atoms with Crippen LogP contribution in [-0.4, -0.2) is 51.4 Å². The third kappa shape index (κ3) is 9.16. The molecule has 2 aromatic rings. The summed E-state index contributed by atoms with van der Waals surface area (Å²) >= 11 is 0. The van der Waals surface area contributed by atoms with Crippen LogP contribution >= 0.6 is 0 Å². The van der Waals surface area contributed by atoms with Crippen LogP contribution < -0.4 is 11.3 Å². The van der Waals surface area contributed by atoms with Crippen LogP contribution in [0.3, 0.4) is 0 Å². The van der Waals surface area contributed by atoms with E-state index >= 15 is 0 Å². The zero-order chi connectivity index (χ0) is 23.3. The summed E-state index contributed by atoms with van der Waals surface area (Å²) in [5.41, 5.74) is 4.99. The Morgan fingerprint density at radius 2 is 1.83 bits per heavy atom. The van der Waals surface area contributed by atoms with Crippen LogP contribution in [0.2, 0.25) is 0 Å².